The van der Waals surface area contributed by atoms with E-state index in [4.69, 9.17) is 10.2 Å². The smallest absolute Gasteiger partial charge is 0.228 e. The number of carbonyl (C=O) groups excluding carboxylic acids is 1. The van der Waals surface area contributed by atoms with Crippen molar-refractivity contribution in [3.8, 4) is 0 Å². The summed E-state index contributed by atoms with van der Waals surface area (Å²) in [4.78, 5) is 11.6. The van der Waals surface area contributed by atoms with E-state index in [2.05, 4.69) is 0 Å². The molecule has 104 valence electrons. The minimum atomic E-state index is -2.01. The van der Waals surface area contributed by atoms with Crippen molar-refractivity contribution in [1.82, 2.24) is 0 Å². The number of rotatable bonds is 6. The Balaban J connectivity index is 2.80. The molecule has 0 unspecified atom stereocenters. The van der Waals surface area contributed by atoms with E-state index >= 15 is 0 Å². The first-order valence-corrected chi connectivity index (χ1v) is 5.62. The minimum absolute atomic E-state index is 0.540. The number of hydrogen-bond acceptors (Lipinski definition) is 6. The lowest BCUT2D eigenvalue weighted by molar-refractivity contribution is -0.138. The van der Waals surface area contributed by atoms with E-state index in [1.54, 1.807) is 30.3 Å². The molecule has 0 saturated carbocycles. The molecule has 0 aliphatic carbocycles. The number of ketones is 1. The molecule has 0 radical (unpaired) electrons. The van der Waals surface area contributed by atoms with E-state index in [9.17, 15) is 20.1 Å². The average Bonchev–Trinajstić information content (AvgIpc) is 2.44. The summed E-state index contributed by atoms with van der Waals surface area (Å²) in [6.07, 6.45) is -4.42. The highest BCUT2D eigenvalue weighted by Crippen LogP contribution is 2.10. The Labute approximate surface area is 109 Å². The summed E-state index contributed by atoms with van der Waals surface area (Å²) in [6, 6.07) is 8.42. The SMILES string of the molecule is O=C(C(O)=Cc1ccccc1)[C@H](O)[C@@H](O)[C@H](O)CO. The van der Waals surface area contributed by atoms with E-state index in [1.165, 1.54) is 0 Å². The largest absolute Gasteiger partial charge is 0.504 e. The molecule has 5 N–H and O–H groups in total. The van der Waals surface area contributed by atoms with Crippen LogP contribution in [-0.2, 0) is 4.79 Å². The molecule has 0 amide bonds. The van der Waals surface area contributed by atoms with Gasteiger partial charge in [-0.2, -0.15) is 0 Å². The first-order valence-electron chi connectivity index (χ1n) is 5.62. The zero-order chi connectivity index (χ0) is 14.4. The molecular weight excluding hydrogens is 252 g/mol. The number of aliphatic hydroxyl groups is 5. The lowest BCUT2D eigenvalue weighted by Gasteiger charge is -2.20. The Bertz CT molecular complexity index is 442. The van der Waals surface area contributed by atoms with Crippen LogP contribution in [-0.4, -0.2) is 56.2 Å². The van der Waals surface area contributed by atoms with Crippen LogP contribution in [0.3, 0.4) is 0 Å². The van der Waals surface area contributed by atoms with Crippen molar-refractivity contribution in [1.29, 1.82) is 0 Å². The van der Waals surface area contributed by atoms with Crippen LogP contribution in [0.5, 0.6) is 0 Å². The van der Waals surface area contributed by atoms with Gasteiger partial charge in [0.1, 0.15) is 18.3 Å². The van der Waals surface area contributed by atoms with Gasteiger partial charge in [-0.15, -0.1) is 0 Å². The predicted octanol–water partition coefficient (Wildman–Crippen LogP) is -0.770. The van der Waals surface area contributed by atoms with Gasteiger partial charge in [0.25, 0.3) is 0 Å². The van der Waals surface area contributed by atoms with E-state index in [0.717, 1.165) is 6.08 Å². The monoisotopic (exact) mass is 268 g/mol. The number of aliphatic hydroxyl groups excluding tert-OH is 5. The van der Waals surface area contributed by atoms with Crippen LogP contribution in [0.15, 0.2) is 36.1 Å². The van der Waals surface area contributed by atoms with E-state index in [1.807, 2.05) is 0 Å². The highest BCUT2D eigenvalue weighted by molar-refractivity contribution is 6.00. The Morgan fingerprint density at radius 3 is 2.26 bits per heavy atom. The van der Waals surface area contributed by atoms with Crippen LogP contribution < -0.4 is 0 Å². The molecule has 0 bridgehead atoms. The molecular formula is C13H16O6. The zero-order valence-corrected chi connectivity index (χ0v) is 10.0. The summed E-state index contributed by atoms with van der Waals surface area (Å²) in [5.74, 6) is -1.88. The molecule has 0 aromatic heterocycles. The molecule has 0 heterocycles. The first kappa shape index (κ1) is 15.3. The van der Waals surface area contributed by atoms with Gasteiger partial charge in [-0.3, -0.25) is 4.79 Å². The molecule has 0 fully saturated rings. The topological polar surface area (TPSA) is 118 Å². The van der Waals surface area contributed by atoms with Gasteiger partial charge in [0, 0.05) is 0 Å². The summed E-state index contributed by atoms with van der Waals surface area (Å²) >= 11 is 0. The van der Waals surface area contributed by atoms with Crippen molar-refractivity contribution in [3.05, 3.63) is 41.7 Å². The second kappa shape index (κ2) is 7.01. The summed E-state index contributed by atoms with van der Waals surface area (Å²) in [5.41, 5.74) is 0.540. The number of benzene rings is 1. The van der Waals surface area contributed by atoms with Gasteiger partial charge in [0.2, 0.25) is 5.78 Å². The van der Waals surface area contributed by atoms with Crippen molar-refractivity contribution < 1.29 is 30.3 Å². The maximum Gasteiger partial charge on any atom is 0.228 e. The molecule has 1 rings (SSSR count). The van der Waals surface area contributed by atoms with Crippen LogP contribution in [0, 0.1) is 0 Å². The number of hydrogen-bond donors (Lipinski definition) is 5. The number of carbonyl (C=O) groups is 1. The molecule has 0 aliphatic heterocycles. The van der Waals surface area contributed by atoms with Gasteiger partial charge in [-0.1, -0.05) is 30.3 Å². The molecule has 3 atom stereocenters. The van der Waals surface area contributed by atoms with Gasteiger partial charge in [-0.25, -0.2) is 0 Å². The highest BCUT2D eigenvalue weighted by Gasteiger charge is 2.31. The second-order valence-corrected chi connectivity index (χ2v) is 3.99. The Morgan fingerprint density at radius 1 is 1.16 bits per heavy atom. The van der Waals surface area contributed by atoms with Crippen LogP contribution in [0.25, 0.3) is 6.08 Å². The van der Waals surface area contributed by atoms with Gasteiger partial charge in [0.05, 0.1) is 6.61 Å². The molecule has 6 heteroatoms. The van der Waals surface area contributed by atoms with Gasteiger partial charge < -0.3 is 25.5 Å². The molecule has 19 heavy (non-hydrogen) atoms. The Kier molecular flexibility index (Phi) is 5.65. The van der Waals surface area contributed by atoms with E-state index < -0.39 is 36.5 Å². The fourth-order valence-electron chi connectivity index (χ4n) is 1.40. The first-order chi connectivity index (χ1) is 8.97. The normalized spacial score (nSPS) is 16.7. The molecule has 0 spiro atoms. The molecule has 0 saturated heterocycles. The highest BCUT2D eigenvalue weighted by atomic mass is 16.4. The minimum Gasteiger partial charge on any atom is -0.504 e. The standard InChI is InChI=1S/C13H16O6/c14-7-10(16)12(18)13(19)11(17)9(15)6-8-4-2-1-3-5-8/h1-6,10,12-16,18-19H,7H2/t10-,12+,13+/m1/s1. The molecule has 1 aromatic carbocycles. The average molecular weight is 268 g/mol. The van der Waals surface area contributed by atoms with E-state index in [0.29, 0.717) is 5.56 Å². The van der Waals surface area contributed by atoms with Gasteiger partial charge in [0.15, 0.2) is 5.76 Å². The Hall–Kier alpha value is -1.73. The van der Waals surface area contributed by atoms with Crippen molar-refractivity contribution >= 4 is 11.9 Å². The Morgan fingerprint density at radius 2 is 1.74 bits per heavy atom. The van der Waals surface area contributed by atoms with Crippen molar-refractivity contribution in [2.75, 3.05) is 6.61 Å². The molecule has 0 aliphatic rings. The van der Waals surface area contributed by atoms with Gasteiger partial charge >= 0.3 is 0 Å². The van der Waals surface area contributed by atoms with Crippen molar-refractivity contribution in [3.63, 3.8) is 0 Å². The van der Waals surface area contributed by atoms with Crippen LogP contribution >= 0.6 is 0 Å². The second-order valence-electron chi connectivity index (χ2n) is 3.99. The third-order valence-corrected chi connectivity index (χ3v) is 2.53. The summed E-state index contributed by atoms with van der Waals surface area (Å²) in [6.45, 7) is -0.811. The van der Waals surface area contributed by atoms with Crippen molar-refractivity contribution in [2.45, 2.75) is 18.3 Å². The van der Waals surface area contributed by atoms with Crippen LogP contribution in [0.2, 0.25) is 0 Å². The zero-order valence-electron chi connectivity index (χ0n) is 10.0. The maximum atomic E-state index is 11.6. The third kappa shape index (κ3) is 4.15. The number of Topliss-reactive ketones (excluding diaryl/α,β-unsaturated/α-hetero) is 1. The molecule has 1 aromatic rings. The summed E-state index contributed by atoms with van der Waals surface area (Å²) in [5, 5.41) is 46.1. The lowest BCUT2D eigenvalue weighted by atomic mass is 10.0. The predicted molar refractivity (Wildman–Crippen MR) is 67.2 cm³/mol. The van der Waals surface area contributed by atoms with Crippen LogP contribution in [0.1, 0.15) is 5.56 Å². The lowest BCUT2D eigenvalue weighted by Crippen LogP contribution is -2.44. The van der Waals surface area contributed by atoms with Gasteiger partial charge in [-0.05, 0) is 11.6 Å². The van der Waals surface area contributed by atoms with Crippen molar-refractivity contribution in [2.24, 2.45) is 0 Å². The van der Waals surface area contributed by atoms with E-state index in [-0.39, 0.29) is 0 Å². The molecule has 6 nitrogen and oxygen atoms in total. The fourth-order valence-corrected chi connectivity index (χ4v) is 1.40. The quantitative estimate of drug-likeness (QED) is 0.341. The van der Waals surface area contributed by atoms with Crippen LogP contribution in [0.4, 0.5) is 0 Å². The maximum absolute atomic E-state index is 11.6. The third-order valence-electron chi connectivity index (χ3n) is 2.53. The summed E-state index contributed by atoms with van der Waals surface area (Å²) < 4.78 is 0. The fraction of sp³-hybridized carbons (Fsp3) is 0.308. The summed E-state index contributed by atoms with van der Waals surface area (Å²) in [7, 11) is 0.